The maximum absolute atomic E-state index is 11.7. The first-order chi connectivity index (χ1) is 7.52. The molecule has 16 heavy (non-hydrogen) atoms. The highest BCUT2D eigenvalue weighted by Crippen LogP contribution is 1.98. The highest BCUT2D eigenvalue weighted by molar-refractivity contribution is 5.75. The summed E-state index contributed by atoms with van der Waals surface area (Å²) in [5.41, 5.74) is 0. The maximum Gasteiger partial charge on any atom is 0.319 e. The Morgan fingerprint density at radius 1 is 1.12 bits per heavy atom. The molecule has 0 unspecified atom stereocenters. The summed E-state index contributed by atoms with van der Waals surface area (Å²) in [4.78, 5) is 25.7. The predicted molar refractivity (Wildman–Crippen MR) is 59.2 cm³/mol. The summed E-state index contributed by atoms with van der Waals surface area (Å²) in [5, 5.41) is 0. The molecule has 0 bridgehead atoms. The SMILES string of the molecule is COCCN(CCC(=O)OC)C(=O)N(C)C. The Morgan fingerprint density at radius 2 is 1.75 bits per heavy atom. The lowest BCUT2D eigenvalue weighted by Crippen LogP contribution is -2.42. The lowest BCUT2D eigenvalue weighted by atomic mass is 10.4. The van der Waals surface area contributed by atoms with E-state index in [1.807, 2.05) is 0 Å². The zero-order valence-electron chi connectivity index (χ0n) is 10.4. The molecule has 0 rings (SSSR count). The van der Waals surface area contributed by atoms with Gasteiger partial charge in [0.05, 0.1) is 20.1 Å². The van der Waals surface area contributed by atoms with Gasteiger partial charge < -0.3 is 19.3 Å². The quantitative estimate of drug-likeness (QED) is 0.613. The third kappa shape index (κ3) is 5.55. The van der Waals surface area contributed by atoms with E-state index in [1.54, 1.807) is 26.1 Å². The van der Waals surface area contributed by atoms with E-state index in [0.29, 0.717) is 19.7 Å². The van der Waals surface area contributed by atoms with E-state index in [0.717, 1.165) is 0 Å². The van der Waals surface area contributed by atoms with Crippen molar-refractivity contribution in [3.8, 4) is 0 Å². The van der Waals surface area contributed by atoms with Gasteiger partial charge in [-0.05, 0) is 0 Å². The fourth-order valence-corrected chi connectivity index (χ4v) is 1.12. The molecular formula is C10H20N2O4. The van der Waals surface area contributed by atoms with Crippen molar-refractivity contribution in [3.05, 3.63) is 0 Å². The topological polar surface area (TPSA) is 59.1 Å². The molecule has 0 aliphatic carbocycles. The molecule has 94 valence electrons. The third-order valence-electron chi connectivity index (χ3n) is 2.03. The van der Waals surface area contributed by atoms with Gasteiger partial charge in [0.1, 0.15) is 0 Å². The Labute approximate surface area is 96.1 Å². The highest BCUT2D eigenvalue weighted by atomic mass is 16.5. The van der Waals surface area contributed by atoms with Crippen LogP contribution in [0.5, 0.6) is 0 Å². The van der Waals surface area contributed by atoms with Crippen LogP contribution in [0.1, 0.15) is 6.42 Å². The van der Waals surface area contributed by atoms with E-state index in [-0.39, 0.29) is 18.4 Å². The van der Waals surface area contributed by atoms with Crippen molar-refractivity contribution in [2.75, 3.05) is 48.0 Å². The molecule has 0 fully saturated rings. The van der Waals surface area contributed by atoms with Crippen LogP contribution in [-0.2, 0) is 14.3 Å². The first kappa shape index (κ1) is 14.7. The van der Waals surface area contributed by atoms with E-state index in [9.17, 15) is 9.59 Å². The molecule has 0 saturated heterocycles. The van der Waals surface area contributed by atoms with Gasteiger partial charge in [-0.25, -0.2) is 4.79 Å². The molecule has 0 aromatic heterocycles. The summed E-state index contributed by atoms with van der Waals surface area (Å²) in [6.07, 6.45) is 0.194. The number of esters is 1. The number of amides is 2. The van der Waals surface area contributed by atoms with Crippen LogP contribution >= 0.6 is 0 Å². The molecule has 0 aliphatic rings. The second-order valence-corrected chi connectivity index (χ2v) is 3.48. The summed E-state index contributed by atoms with van der Waals surface area (Å²) >= 11 is 0. The number of carbonyl (C=O) groups excluding carboxylic acids is 2. The maximum atomic E-state index is 11.7. The second-order valence-electron chi connectivity index (χ2n) is 3.48. The molecule has 0 aliphatic heterocycles. The zero-order chi connectivity index (χ0) is 12.6. The van der Waals surface area contributed by atoms with Crippen molar-refractivity contribution >= 4 is 12.0 Å². The minimum Gasteiger partial charge on any atom is -0.469 e. The molecule has 0 atom stereocenters. The minimum absolute atomic E-state index is 0.138. The van der Waals surface area contributed by atoms with Crippen molar-refractivity contribution in [1.29, 1.82) is 0 Å². The van der Waals surface area contributed by atoms with Gasteiger partial charge in [-0.15, -0.1) is 0 Å². The number of rotatable bonds is 6. The standard InChI is InChI=1S/C10H20N2O4/c1-11(2)10(14)12(7-8-15-3)6-5-9(13)16-4/h5-8H2,1-4H3. The summed E-state index contributed by atoms with van der Waals surface area (Å²) < 4.78 is 9.43. The summed E-state index contributed by atoms with van der Waals surface area (Å²) in [6, 6.07) is -0.138. The first-order valence-electron chi connectivity index (χ1n) is 5.05. The van der Waals surface area contributed by atoms with Crippen LogP contribution in [0.25, 0.3) is 0 Å². The van der Waals surface area contributed by atoms with Gasteiger partial charge in [-0.3, -0.25) is 4.79 Å². The molecule has 0 saturated carbocycles. The molecule has 0 spiro atoms. The lowest BCUT2D eigenvalue weighted by molar-refractivity contribution is -0.140. The van der Waals surface area contributed by atoms with E-state index in [1.165, 1.54) is 12.0 Å². The largest absolute Gasteiger partial charge is 0.469 e. The predicted octanol–water partition coefficient (Wildman–Crippen LogP) is 0.180. The van der Waals surface area contributed by atoms with Gasteiger partial charge in [0.2, 0.25) is 0 Å². The number of methoxy groups -OCH3 is 2. The number of ether oxygens (including phenoxy) is 2. The summed E-state index contributed by atoms with van der Waals surface area (Å²) in [7, 11) is 6.23. The van der Waals surface area contributed by atoms with E-state index < -0.39 is 0 Å². The number of hydrogen-bond donors (Lipinski definition) is 0. The summed E-state index contributed by atoms with van der Waals surface area (Å²) in [5.74, 6) is -0.325. The van der Waals surface area contributed by atoms with Crippen LogP contribution in [0, 0.1) is 0 Å². The average molecular weight is 232 g/mol. The third-order valence-corrected chi connectivity index (χ3v) is 2.03. The van der Waals surface area contributed by atoms with Gasteiger partial charge in [-0.1, -0.05) is 0 Å². The van der Waals surface area contributed by atoms with Gasteiger partial charge in [0, 0.05) is 34.3 Å². The van der Waals surface area contributed by atoms with Crippen LogP contribution in [0.4, 0.5) is 4.79 Å². The molecule has 0 aromatic rings. The van der Waals surface area contributed by atoms with Crippen molar-refractivity contribution in [2.45, 2.75) is 6.42 Å². The Bertz CT molecular complexity index is 231. The number of hydrogen-bond acceptors (Lipinski definition) is 4. The van der Waals surface area contributed by atoms with E-state index >= 15 is 0 Å². The molecule has 6 heteroatoms. The Hall–Kier alpha value is -1.30. The monoisotopic (exact) mass is 232 g/mol. The van der Waals surface area contributed by atoms with Gasteiger partial charge in [0.25, 0.3) is 0 Å². The zero-order valence-corrected chi connectivity index (χ0v) is 10.4. The van der Waals surface area contributed by atoms with Crippen molar-refractivity contribution in [1.82, 2.24) is 9.80 Å². The number of nitrogens with zero attached hydrogens (tertiary/aromatic N) is 2. The van der Waals surface area contributed by atoms with Crippen LogP contribution in [0.15, 0.2) is 0 Å². The van der Waals surface area contributed by atoms with E-state index in [2.05, 4.69) is 4.74 Å². The molecule has 0 heterocycles. The first-order valence-corrected chi connectivity index (χ1v) is 5.05. The molecular weight excluding hydrogens is 212 g/mol. The van der Waals surface area contributed by atoms with E-state index in [4.69, 9.17) is 4.74 Å². The smallest absolute Gasteiger partial charge is 0.319 e. The Kier molecular flexibility index (Phi) is 7.28. The molecule has 0 aromatic carbocycles. The highest BCUT2D eigenvalue weighted by Gasteiger charge is 2.16. The molecule has 0 radical (unpaired) electrons. The normalized spacial score (nSPS) is 9.75. The molecule has 2 amide bonds. The second kappa shape index (κ2) is 7.92. The Balaban J connectivity index is 4.20. The fraction of sp³-hybridized carbons (Fsp3) is 0.800. The van der Waals surface area contributed by atoms with Crippen molar-refractivity contribution in [2.24, 2.45) is 0 Å². The molecule has 0 N–H and O–H groups in total. The van der Waals surface area contributed by atoms with Crippen molar-refractivity contribution in [3.63, 3.8) is 0 Å². The lowest BCUT2D eigenvalue weighted by Gasteiger charge is -2.25. The average Bonchev–Trinajstić information content (AvgIpc) is 2.27. The minimum atomic E-state index is -0.325. The van der Waals surface area contributed by atoms with Gasteiger partial charge >= 0.3 is 12.0 Å². The number of carbonyl (C=O) groups is 2. The summed E-state index contributed by atoms with van der Waals surface area (Å²) in [6.45, 7) is 1.25. The molecule has 6 nitrogen and oxygen atoms in total. The van der Waals surface area contributed by atoms with Crippen molar-refractivity contribution < 1.29 is 19.1 Å². The van der Waals surface area contributed by atoms with Crippen LogP contribution < -0.4 is 0 Å². The van der Waals surface area contributed by atoms with Crippen LogP contribution in [0.2, 0.25) is 0 Å². The number of urea groups is 1. The van der Waals surface area contributed by atoms with Crippen LogP contribution in [0.3, 0.4) is 0 Å². The fourth-order valence-electron chi connectivity index (χ4n) is 1.12. The van der Waals surface area contributed by atoms with Gasteiger partial charge in [-0.2, -0.15) is 0 Å². The Morgan fingerprint density at radius 3 is 2.19 bits per heavy atom. The van der Waals surface area contributed by atoms with Crippen LogP contribution in [-0.4, -0.2) is 69.8 Å². The van der Waals surface area contributed by atoms with Gasteiger partial charge in [0.15, 0.2) is 0 Å².